The lowest BCUT2D eigenvalue weighted by Crippen LogP contribution is -2.06. The fourth-order valence-electron chi connectivity index (χ4n) is 4.44. The van der Waals surface area contributed by atoms with Crippen molar-refractivity contribution in [1.82, 2.24) is 0 Å². The minimum atomic E-state index is -0.0657. The summed E-state index contributed by atoms with van der Waals surface area (Å²) in [4.78, 5) is 23.6. The topological polar surface area (TPSA) is 52.6 Å². The first-order chi connectivity index (χ1) is 15.8. The molecule has 0 radical (unpaired) electrons. The normalized spacial score (nSPS) is 22.9. The van der Waals surface area contributed by atoms with E-state index in [9.17, 15) is 9.59 Å². The van der Waals surface area contributed by atoms with Gasteiger partial charge in [-0.1, -0.05) is 116 Å². The second-order valence-corrected chi connectivity index (χ2v) is 9.72. The Labute approximate surface area is 198 Å². The van der Waals surface area contributed by atoms with Crippen LogP contribution in [0, 0.1) is 0 Å². The summed E-state index contributed by atoms with van der Waals surface area (Å²) in [5.41, 5.74) is 0. The molecule has 4 nitrogen and oxygen atoms in total. The first-order valence-corrected chi connectivity index (χ1v) is 14.1. The summed E-state index contributed by atoms with van der Waals surface area (Å²) in [5, 5.41) is 0. The quantitative estimate of drug-likeness (QED) is 0.346. The van der Waals surface area contributed by atoms with Crippen molar-refractivity contribution in [2.24, 2.45) is 0 Å². The Morgan fingerprint density at radius 3 is 0.812 bits per heavy atom. The molecular weight excluding hydrogens is 400 g/mol. The van der Waals surface area contributed by atoms with Gasteiger partial charge in [-0.15, -0.1) is 0 Å². The summed E-state index contributed by atoms with van der Waals surface area (Å²) >= 11 is 0. The molecule has 0 aromatic carbocycles. The van der Waals surface area contributed by atoms with E-state index in [1.165, 1.54) is 103 Å². The molecule has 0 saturated carbocycles. The van der Waals surface area contributed by atoms with Gasteiger partial charge in [0, 0.05) is 12.8 Å². The molecule has 1 rings (SSSR count). The lowest BCUT2D eigenvalue weighted by molar-refractivity contribution is -0.145. The van der Waals surface area contributed by atoms with Crippen molar-refractivity contribution in [2.75, 3.05) is 13.2 Å². The summed E-state index contributed by atoms with van der Waals surface area (Å²) in [6.07, 6.45) is 28.1. The van der Waals surface area contributed by atoms with Gasteiger partial charge >= 0.3 is 11.9 Å². The van der Waals surface area contributed by atoms with E-state index in [1.54, 1.807) is 0 Å². The molecule has 0 N–H and O–H groups in total. The van der Waals surface area contributed by atoms with E-state index in [-0.39, 0.29) is 11.9 Å². The van der Waals surface area contributed by atoms with E-state index < -0.39 is 0 Å². The minimum absolute atomic E-state index is 0.0657. The average molecular weight is 453 g/mol. The first kappa shape index (κ1) is 29.0. The summed E-state index contributed by atoms with van der Waals surface area (Å²) in [6.45, 7) is 1.15. The van der Waals surface area contributed by atoms with Gasteiger partial charge in [0.25, 0.3) is 0 Å². The highest BCUT2D eigenvalue weighted by Crippen LogP contribution is 2.15. The Morgan fingerprint density at radius 2 is 0.531 bits per heavy atom. The van der Waals surface area contributed by atoms with Gasteiger partial charge in [-0.25, -0.2) is 0 Å². The third-order valence-corrected chi connectivity index (χ3v) is 6.58. The summed E-state index contributed by atoms with van der Waals surface area (Å²) in [7, 11) is 0. The van der Waals surface area contributed by atoms with Gasteiger partial charge in [-0.05, 0) is 25.7 Å². The Bertz CT molecular complexity index is 395. The van der Waals surface area contributed by atoms with Crippen molar-refractivity contribution in [1.29, 1.82) is 0 Å². The summed E-state index contributed by atoms with van der Waals surface area (Å²) < 4.78 is 10.7. The van der Waals surface area contributed by atoms with Crippen molar-refractivity contribution in [2.45, 2.75) is 154 Å². The number of cyclic esters (lactones) is 2. The lowest BCUT2D eigenvalue weighted by atomic mass is 10.0. The maximum absolute atomic E-state index is 11.8. The monoisotopic (exact) mass is 452 g/mol. The van der Waals surface area contributed by atoms with Gasteiger partial charge in [-0.2, -0.15) is 0 Å². The smallest absolute Gasteiger partial charge is 0.305 e. The second kappa shape index (κ2) is 23.1. The van der Waals surface area contributed by atoms with Crippen LogP contribution in [0.1, 0.15) is 154 Å². The van der Waals surface area contributed by atoms with E-state index in [4.69, 9.17) is 9.47 Å². The molecule has 0 aromatic rings. The van der Waals surface area contributed by atoms with Gasteiger partial charge in [-0.3, -0.25) is 9.59 Å². The molecular formula is C28H52O4. The molecule has 32 heavy (non-hydrogen) atoms. The largest absolute Gasteiger partial charge is 0.466 e. The van der Waals surface area contributed by atoms with Crippen molar-refractivity contribution in [3.8, 4) is 0 Å². The van der Waals surface area contributed by atoms with Crippen LogP contribution in [-0.4, -0.2) is 25.2 Å². The van der Waals surface area contributed by atoms with Crippen LogP contribution in [0.25, 0.3) is 0 Å². The maximum Gasteiger partial charge on any atom is 0.305 e. The zero-order valence-corrected chi connectivity index (χ0v) is 21.0. The molecule has 0 unspecified atom stereocenters. The van der Waals surface area contributed by atoms with Crippen LogP contribution in [0.3, 0.4) is 0 Å². The van der Waals surface area contributed by atoms with Crippen LogP contribution in [0.2, 0.25) is 0 Å². The fraction of sp³-hybridized carbons (Fsp3) is 0.929. The molecule has 0 atom stereocenters. The van der Waals surface area contributed by atoms with Crippen molar-refractivity contribution in [3.05, 3.63) is 0 Å². The molecule has 0 aromatic heterocycles. The SMILES string of the molecule is O=C1CCCCCCC(=O)OCCCCCCCCCCCCCCCCCCCCO1. The number of hydrogen-bond acceptors (Lipinski definition) is 4. The first-order valence-electron chi connectivity index (χ1n) is 14.1. The molecule has 188 valence electrons. The van der Waals surface area contributed by atoms with Gasteiger partial charge in [0.2, 0.25) is 0 Å². The molecule has 4 heteroatoms. The molecule has 1 aliphatic heterocycles. The average Bonchev–Trinajstić information content (AvgIpc) is 2.79. The summed E-state index contributed by atoms with van der Waals surface area (Å²) in [5.74, 6) is -0.131. The van der Waals surface area contributed by atoms with E-state index in [1.807, 2.05) is 0 Å². The predicted octanol–water partition coefficient (Wildman–Crippen LogP) is 8.45. The van der Waals surface area contributed by atoms with Crippen LogP contribution in [-0.2, 0) is 19.1 Å². The zero-order chi connectivity index (χ0) is 23.0. The van der Waals surface area contributed by atoms with Crippen molar-refractivity contribution >= 4 is 11.9 Å². The number of esters is 2. The molecule has 0 bridgehead atoms. The van der Waals surface area contributed by atoms with Crippen LogP contribution >= 0.6 is 0 Å². The standard InChI is InChI=1S/C28H52O4/c29-27-23-19-15-16-20-24-28(30)32-26-22-18-14-12-10-8-6-4-2-1-3-5-7-9-11-13-17-21-25-31-27/h1-26H2. The number of ether oxygens (including phenoxy) is 2. The van der Waals surface area contributed by atoms with E-state index in [0.29, 0.717) is 26.1 Å². The number of carbonyl (C=O) groups excluding carboxylic acids is 2. The van der Waals surface area contributed by atoms with Gasteiger partial charge in [0.15, 0.2) is 0 Å². The van der Waals surface area contributed by atoms with E-state index in [2.05, 4.69) is 0 Å². The zero-order valence-electron chi connectivity index (χ0n) is 21.0. The van der Waals surface area contributed by atoms with Crippen LogP contribution in [0.4, 0.5) is 0 Å². The minimum Gasteiger partial charge on any atom is -0.466 e. The molecule has 1 heterocycles. The molecule has 0 spiro atoms. The van der Waals surface area contributed by atoms with E-state index >= 15 is 0 Å². The Kier molecular flexibility index (Phi) is 20.9. The molecule has 0 aliphatic carbocycles. The Morgan fingerprint density at radius 1 is 0.312 bits per heavy atom. The lowest BCUT2D eigenvalue weighted by Gasteiger charge is -2.07. The predicted molar refractivity (Wildman–Crippen MR) is 133 cm³/mol. The fourth-order valence-corrected chi connectivity index (χ4v) is 4.44. The molecule has 0 amide bonds. The van der Waals surface area contributed by atoms with E-state index in [0.717, 1.165) is 38.5 Å². The van der Waals surface area contributed by atoms with Gasteiger partial charge < -0.3 is 9.47 Å². The highest BCUT2D eigenvalue weighted by atomic mass is 16.5. The Balaban J connectivity index is 2.13. The van der Waals surface area contributed by atoms with Crippen LogP contribution in [0.5, 0.6) is 0 Å². The van der Waals surface area contributed by atoms with Crippen LogP contribution in [0.15, 0.2) is 0 Å². The van der Waals surface area contributed by atoms with Gasteiger partial charge in [0.1, 0.15) is 0 Å². The van der Waals surface area contributed by atoms with Crippen molar-refractivity contribution < 1.29 is 19.1 Å². The van der Waals surface area contributed by atoms with Gasteiger partial charge in [0.05, 0.1) is 13.2 Å². The maximum atomic E-state index is 11.8. The van der Waals surface area contributed by atoms with Crippen LogP contribution < -0.4 is 0 Å². The highest BCUT2D eigenvalue weighted by molar-refractivity contribution is 5.69. The number of rotatable bonds is 0. The molecule has 1 fully saturated rings. The second-order valence-electron chi connectivity index (χ2n) is 9.72. The van der Waals surface area contributed by atoms with Crippen molar-refractivity contribution in [3.63, 3.8) is 0 Å². The number of hydrogen-bond donors (Lipinski definition) is 0. The third kappa shape index (κ3) is 20.8. The molecule has 1 aliphatic rings. The summed E-state index contributed by atoms with van der Waals surface area (Å²) in [6, 6.07) is 0. The molecule has 1 saturated heterocycles. The highest BCUT2D eigenvalue weighted by Gasteiger charge is 2.05. The Hall–Kier alpha value is -1.06. The number of carbonyl (C=O) groups is 2. The third-order valence-electron chi connectivity index (χ3n) is 6.58.